The van der Waals surface area contributed by atoms with E-state index in [1.807, 2.05) is 6.07 Å². The number of anilines is 1. The molecule has 0 spiro atoms. The Morgan fingerprint density at radius 3 is 2.62 bits per heavy atom. The lowest BCUT2D eigenvalue weighted by Crippen LogP contribution is -2.15. The number of benzene rings is 2. The second-order valence-corrected chi connectivity index (χ2v) is 6.01. The van der Waals surface area contributed by atoms with Crippen molar-refractivity contribution in [2.24, 2.45) is 0 Å². The molecule has 2 rings (SSSR count). The first-order valence-corrected chi connectivity index (χ1v) is 9.00. The molecule has 1 N–H and O–H groups in total. The summed E-state index contributed by atoms with van der Waals surface area (Å²) in [5.74, 6) is -0.424. The summed E-state index contributed by atoms with van der Waals surface area (Å²) in [4.78, 5) is 23.8. The van der Waals surface area contributed by atoms with Gasteiger partial charge in [0.05, 0.1) is 24.4 Å². The number of methoxy groups -OCH3 is 1. The van der Waals surface area contributed by atoms with Crippen LogP contribution in [0.1, 0.15) is 12.5 Å². The van der Waals surface area contributed by atoms with Crippen LogP contribution in [-0.4, -0.2) is 32.2 Å². The number of rotatable bonds is 8. The molecule has 2 aromatic carbocycles. The standard InChI is InChI=1S/C21H19ClN2O5/c1-3-28-20(25)13-29-18-9-8-14(11-19(18)27-2)10-15(12-23)21(26)24-17-7-5-4-6-16(17)22/h4-11H,3,13H2,1-2H3,(H,24,26)/b15-10+. The zero-order chi connectivity index (χ0) is 21.2. The van der Waals surface area contributed by atoms with Crippen molar-refractivity contribution >= 4 is 35.2 Å². The molecule has 1 amide bonds. The molecule has 29 heavy (non-hydrogen) atoms. The monoisotopic (exact) mass is 414 g/mol. The number of ether oxygens (including phenoxy) is 3. The first kappa shape index (κ1) is 21.8. The zero-order valence-corrected chi connectivity index (χ0v) is 16.7. The van der Waals surface area contributed by atoms with Crippen LogP contribution in [-0.2, 0) is 14.3 Å². The van der Waals surface area contributed by atoms with Crippen molar-refractivity contribution in [3.63, 3.8) is 0 Å². The summed E-state index contributed by atoms with van der Waals surface area (Å²) in [5, 5.41) is 12.3. The lowest BCUT2D eigenvalue weighted by Gasteiger charge is -2.11. The van der Waals surface area contributed by atoms with E-state index in [1.165, 1.54) is 13.2 Å². The maximum atomic E-state index is 12.4. The molecule has 0 aromatic heterocycles. The van der Waals surface area contributed by atoms with Crippen LogP contribution in [0.5, 0.6) is 11.5 Å². The highest BCUT2D eigenvalue weighted by atomic mass is 35.5. The second-order valence-electron chi connectivity index (χ2n) is 5.61. The third kappa shape index (κ3) is 6.26. The van der Waals surface area contributed by atoms with Gasteiger partial charge in [-0.3, -0.25) is 4.79 Å². The number of esters is 1. The summed E-state index contributed by atoms with van der Waals surface area (Å²) in [6.07, 6.45) is 1.41. The molecule has 0 fully saturated rings. The molecular formula is C21H19ClN2O5. The number of nitrogens with one attached hydrogen (secondary N) is 1. The normalized spacial score (nSPS) is 10.6. The van der Waals surface area contributed by atoms with Gasteiger partial charge < -0.3 is 19.5 Å². The highest BCUT2D eigenvalue weighted by Gasteiger charge is 2.13. The Labute approximate surface area is 173 Å². The van der Waals surface area contributed by atoms with Gasteiger partial charge in [-0.1, -0.05) is 29.8 Å². The molecule has 0 heterocycles. The first-order chi connectivity index (χ1) is 14.0. The maximum Gasteiger partial charge on any atom is 0.344 e. The van der Waals surface area contributed by atoms with Crippen molar-refractivity contribution in [3.8, 4) is 17.6 Å². The number of nitrogens with zero attached hydrogens (tertiary/aromatic N) is 1. The van der Waals surface area contributed by atoms with E-state index in [0.717, 1.165) is 0 Å². The molecule has 2 aromatic rings. The molecular weight excluding hydrogens is 396 g/mol. The number of para-hydroxylation sites is 1. The number of hydrogen-bond acceptors (Lipinski definition) is 6. The molecule has 8 heteroatoms. The van der Waals surface area contributed by atoms with Gasteiger partial charge in [-0.05, 0) is 42.8 Å². The van der Waals surface area contributed by atoms with Crippen molar-refractivity contribution in [1.29, 1.82) is 5.26 Å². The van der Waals surface area contributed by atoms with Gasteiger partial charge in [0.15, 0.2) is 18.1 Å². The lowest BCUT2D eigenvalue weighted by atomic mass is 10.1. The van der Waals surface area contributed by atoms with Crippen LogP contribution < -0.4 is 14.8 Å². The van der Waals surface area contributed by atoms with Gasteiger partial charge in [0.2, 0.25) is 0 Å². The summed E-state index contributed by atoms with van der Waals surface area (Å²) in [7, 11) is 1.44. The van der Waals surface area contributed by atoms with E-state index in [4.69, 9.17) is 25.8 Å². The Kier molecular flexibility index (Phi) is 8.07. The molecule has 0 aliphatic carbocycles. The average Bonchev–Trinajstić information content (AvgIpc) is 2.72. The quantitative estimate of drug-likeness (QED) is 0.400. The smallest absolute Gasteiger partial charge is 0.344 e. The Hall–Kier alpha value is -3.50. The molecule has 0 saturated carbocycles. The predicted molar refractivity (Wildman–Crippen MR) is 109 cm³/mol. The Bertz CT molecular complexity index is 966. The number of nitriles is 1. The van der Waals surface area contributed by atoms with E-state index < -0.39 is 11.9 Å². The van der Waals surface area contributed by atoms with Crippen LogP contribution >= 0.6 is 11.6 Å². The highest BCUT2D eigenvalue weighted by molar-refractivity contribution is 6.34. The molecule has 0 unspecified atom stereocenters. The van der Waals surface area contributed by atoms with Gasteiger partial charge in [-0.2, -0.15) is 5.26 Å². The molecule has 0 saturated heterocycles. The van der Waals surface area contributed by atoms with Crippen LogP contribution in [0, 0.1) is 11.3 Å². The molecule has 150 valence electrons. The van der Waals surface area contributed by atoms with Gasteiger partial charge in [0.25, 0.3) is 5.91 Å². The van der Waals surface area contributed by atoms with Crippen LogP contribution in [0.3, 0.4) is 0 Å². The van der Waals surface area contributed by atoms with Gasteiger partial charge in [0.1, 0.15) is 11.6 Å². The summed E-state index contributed by atoms with van der Waals surface area (Å²) in [6.45, 7) is 1.70. The van der Waals surface area contributed by atoms with Crippen LogP contribution in [0.15, 0.2) is 48.0 Å². The van der Waals surface area contributed by atoms with Crippen LogP contribution in [0.2, 0.25) is 5.02 Å². The number of carbonyl (C=O) groups excluding carboxylic acids is 2. The van der Waals surface area contributed by atoms with Crippen molar-refractivity contribution in [2.75, 3.05) is 25.6 Å². The van der Waals surface area contributed by atoms with E-state index in [0.29, 0.717) is 27.8 Å². The van der Waals surface area contributed by atoms with Crippen LogP contribution in [0.25, 0.3) is 6.08 Å². The lowest BCUT2D eigenvalue weighted by molar-refractivity contribution is -0.145. The van der Waals surface area contributed by atoms with Crippen molar-refractivity contribution < 1.29 is 23.8 Å². The fourth-order valence-electron chi connectivity index (χ4n) is 2.30. The van der Waals surface area contributed by atoms with E-state index in [1.54, 1.807) is 49.4 Å². The van der Waals surface area contributed by atoms with E-state index in [-0.39, 0.29) is 18.8 Å². The third-order valence-corrected chi connectivity index (χ3v) is 3.97. The average molecular weight is 415 g/mol. The topological polar surface area (TPSA) is 97.7 Å². The molecule has 0 radical (unpaired) electrons. The number of amides is 1. The van der Waals surface area contributed by atoms with Crippen molar-refractivity contribution in [3.05, 3.63) is 58.6 Å². The molecule has 0 aliphatic heterocycles. The number of carbonyl (C=O) groups is 2. The molecule has 0 atom stereocenters. The minimum Gasteiger partial charge on any atom is -0.493 e. The number of hydrogen-bond donors (Lipinski definition) is 1. The van der Waals surface area contributed by atoms with Gasteiger partial charge in [-0.25, -0.2) is 4.79 Å². The Morgan fingerprint density at radius 1 is 1.21 bits per heavy atom. The molecule has 7 nitrogen and oxygen atoms in total. The highest BCUT2D eigenvalue weighted by Crippen LogP contribution is 2.29. The predicted octanol–water partition coefficient (Wildman–Crippen LogP) is 3.84. The number of halogens is 1. The van der Waals surface area contributed by atoms with E-state index >= 15 is 0 Å². The fourth-order valence-corrected chi connectivity index (χ4v) is 2.48. The van der Waals surface area contributed by atoms with Crippen molar-refractivity contribution in [2.45, 2.75) is 6.92 Å². The van der Waals surface area contributed by atoms with Gasteiger partial charge >= 0.3 is 5.97 Å². The molecule has 0 aliphatic rings. The van der Waals surface area contributed by atoms with E-state index in [9.17, 15) is 14.9 Å². The fraction of sp³-hybridized carbons (Fsp3) is 0.190. The SMILES string of the molecule is CCOC(=O)COc1ccc(/C=C(\C#N)C(=O)Nc2ccccc2Cl)cc1OC. The Balaban J connectivity index is 2.18. The summed E-state index contributed by atoms with van der Waals surface area (Å²) < 4.78 is 15.5. The molecule has 0 bridgehead atoms. The minimum absolute atomic E-state index is 0.118. The Morgan fingerprint density at radius 2 is 1.97 bits per heavy atom. The van der Waals surface area contributed by atoms with E-state index in [2.05, 4.69) is 5.32 Å². The summed E-state index contributed by atoms with van der Waals surface area (Å²) in [6, 6.07) is 13.4. The second kappa shape index (κ2) is 10.7. The van der Waals surface area contributed by atoms with Gasteiger partial charge in [0, 0.05) is 0 Å². The largest absolute Gasteiger partial charge is 0.493 e. The minimum atomic E-state index is -0.595. The van der Waals surface area contributed by atoms with Crippen molar-refractivity contribution in [1.82, 2.24) is 0 Å². The summed E-state index contributed by atoms with van der Waals surface area (Å²) >= 11 is 6.02. The third-order valence-electron chi connectivity index (χ3n) is 3.64. The zero-order valence-electron chi connectivity index (χ0n) is 15.9. The van der Waals surface area contributed by atoms with Gasteiger partial charge in [-0.15, -0.1) is 0 Å². The maximum absolute atomic E-state index is 12.4. The van der Waals surface area contributed by atoms with Crippen LogP contribution in [0.4, 0.5) is 5.69 Å². The first-order valence-electron chi connectivity index (χ1n) is 8.62. The summed E-state index contributed by atoms with van der Waals surface area (Å²) in [5.41, 5.74) is 0.823.